The van der Waals surface area contributed by atoms with Gasteiger partial charge in [0.2, 0.25) is 5.91 Å². The van der Waals surface area contributed by atoms with Crippen LogP contribution in [0.15, 0.2) is 41.3 Å². The summed E-state index contributed by atoms with van der Waals surface area (Å²) in [4.78, 5) is 15.7. The summed E-state index contributed by atoms with van der Waals surface area (Å²) in [6, 6.07) is 7.10. The van der Waals surface area contributed by atoms with Crippen molar-refractivity contribution in [3.63, 3.8) is 0 Å². The highest BCUT2D eigenvalue weighted by molar-refractivity contribution is 9.10. The van der Waals surface area contributed by atoms with Gasteiger partial charge in [-0.15, -0.1) is 0 Å². The molecule has 6 heteroatoms. The van der Waals surface area contributed by atoms with Gasteiger partial charge in [-0.3, -0.25) is 9.48 Å². The first-order valence-electron chi connectivity index (χ1n) is 4.64. The number of amides is 1. The fourth-order valence-corrected chi connectivity index (χ4v) is 1.55. The number of carbonyl (C=O) groups is 1. The number of rotatable bonds is 3. The third-order valence-corrected chi connectivity index (χ3v) is 2.29. The topological polar surface area (TPSA) is 59.8 Å². The van der Waals surface area contributed by atoms with E-state index in [0.29, 0.717) is 10.4 Å². The van der Waals surface area contributed by atoms with E-state index in [9.17, 15) is 4.79 Å². The van der Waals surface area contributed by atoms with Crippen LogP contribution >= 0.6 is 15.9 Å². The van der Waals surface area contributed by atoms with Crippen molar-refractivity contribution in [3.8, 4) is 0 Å². The molecule has 0 fully saturated rings. The normalized spacial score (nSPS) is 10.1. The van der Waals surface area contributed by atoms with Gasteiger partial charge in [-0.05, 0) is 34.1 Å². The molecule has 16 heavy (non-hydrogen) atoms. The highest BCUT2D eigenvalue weighted by Crippen LogP contribution is 2.09. The van der Waals surface area contributed by atoms with E-state index >= 15 is 0 Å². The summed E-state index contributed by atoms with van der Waals surface area (Å²) >= 11 is 3.23. The smallest absolute Gasteiger partial charge is 0.247 e. The summed E-state index contributed by atoms with van der Waals surface area (Å²) in [6.45, 7) is 0.182. The SMILES string of the molecule is O=C(Cn1cccn1)Nc1cccc(Br)n1. The van der Waals surface area contributed by atoms with Crippen LogP contribution in [-0.4, -0.2) is 20.7 Å². The van der Waals surface area contributed by atoms with E-state index in [-0.39, 0.29) is 12.5 Å². The number of halogens is 1. The lowest BCUT2D eigenvalue weighted by Crippen LogP contribution is -2.19. The van der Waals surface area contributed by atoms with Crippen LogP contribution in [-0.2, 0) is 11.3 Å². The zero-order valence-electron chi connectivity index (χ0n) is 8.30. The fourth-order valence-electron chi connectivity index (χ4n) is 1.20. The molecule has 1 amide bonds. The van der Waals surface area contributed by atoms with E-state index in [4.69, 9.17) is 0 Å². The number of nitrogens with zero attached hydrogens (tertiary/aromatic N) is 3. The minimum absolute atomic E-state index is 0.158. The van der Waals surface area contributed by atoms with Gasteiger partial charge in [-0.1, -0.05) is 6.07 Å². The highest BCUT2D eigenvalue weighted by atomic mass is 79.9. The van der Waals surface area contributed by atoms with Crippen molar-refractivity contribution in [1.82, 2.24) is 14.8 Å². The van der Waals surface area contributed by atoms with Gasteiger partial charge < -0.3 is 5.32 Å². The zero-order chi connectivity index (χ0) is 11.4. The Morgan fingerprint density at radius 1 is 1.44 bits per heavy atom. The van der Waals surface area contributed by atoms with Crippen LogP contribution in [0.1, 0.15) is 0 Å². The second-order valence-corrected chi connectivity index (χ2v) is 3.91. The summed E-state index contributed by atoms with van der Waals surface area (Å²) in [5.74, 6) is 0.362. The van der Waals surface area contributed by atoms with Crippen LogP contribution in [0.4, 0.5) is 5.82 Å². The molecule has 0 radical (unpaired) electrons. The quantitative estimate of drug-likeness (QED) is 0.871. The van der Waals surface area contributed by atoms with E-state index in [1.165, 1.54) is 0 Å². The van der Waals surface area contributed by atoms with Crippen LogP contribution in [0.5, 0.6) is 0 Å². The monoisotopic (exact) mass is 280 g/mol. The number of pyridine rings is 1. The van der Waals surface area contributed by atoms with Gasteiger partial charge in [0, 0.05) is 12.4 Å². The standard InChI is InChI=1S/C10H9BrN4O/c11-8-3-1-4-9(13-8)14-10(16)7-15-6-2-5-12-15/h1-6H,7H2,(H,13,14,16). The van der Waals surface area contributed by atoms with Gasteiger partial charge in [0.05, 0.1) is 0 Å². The van der Waals surface area contributed by atoms with Crippen LogP contribution in [0, 0.1) is 0 Å². The average molecular weight is 281 g/mol. The first kappa shape index (κ1) is 10.8. The van der Waals surface area contributed by atoms with Crippen LogP contribution in [0.25, 0.3) is 0 Å². The maximum atomic E-state index is 11.6. The van der Waals surface area contributed by atoms with Crippen molar-refractivity contribution in [2.45, 2.75) is 6.54 Å². The molecule has 2 heterocycles. The van der Waals surface area contributed by atoms with E-state index in [1.54, 1.807) is 41.3 Å². The van der Waals surface area contributed by atoms with E-state index in [0.717, 1.165) is 0 Å². The molecular formula is C10H9BrN4O. The minimum Gasteiger partial charge on any atom is -0.309 e. The Kier molecular flexibility index (Phi) is 3.31. The Hall–Kier alpha value is -1.69. The zero-order valence-corrected chi connectivity index (χ0v) is 9.89. The van der Waals surface area contributed by atoms with E-state index in [1.807, 2.05) is 0 Å². The number of nitrogens with one attached hydrogen (secondary N) is 1. The Bertz CT molecular complexity index is 483. The molecule has 0 aliphatic rings. The molecule has 0 aliphatic heterocycles. The van der Waals surface area contributed by atoms with Crippen molar-refractivity contribution >= 4 is 27.7 Å². The molecule has 0 aliphatic carbocycles. The fraction of sp³-hybridized carbons (Fsp3) is 0.100. The molecule has 0 spiro atoms. The second-order valence-electron chi connectivity index (χ2n) is 3.10. The second kappa shape index (κ2) is 4.89. The predicted octanol–water partition coefficient (Wildman–Crippen LogP) is 1.68. The van der Waals surface area contributed by atoms with Crippen molar-refractivity contribution in [2.75, 3.05) is 5.32 Å². The summed E-state index contributed by atoms with van der Waals surface area (Å²) in [5.41, 5.74) is 0. The maximum absolute atomic E-state index is 11.6. The van der Waals surface area contributed by atoms with Gasteiger partial charge in [0.15, 0.2) is 0 Å². The summed E-state index contributed by atoms with van der Waals surface area (Å²) < 4.78 is 2.23. The van der Waals surface area contributed by atoms with Gasteiger partial charge >= 0.3 is 0 Å². The Labute approximate surface area is 101 Å². The first-order valence-corrected chi connectivity index (χ1v) is 5.43. The lowest BCUT2D eigenvalue weighted by molar-refractivity contribution is -0.116. The Balaban J connectivity index is 1.97. The molecule has 5 nitrogen and oxygen atoms in total. The lowest BCUT2D eigenvalue weighted by atomic mass is 10.4. The molecule has 0 saturated carbocycles. The van der Waals surface area contributed by atoms with Crippen LogP contribution in [0.2, 0.25) is 0 Å². The highest BCUT2D eigenvalue weighted by Gasteiger charge is 2.04. The Morgan fingerprint density at radius 3 is 3.00 bits per heavy atom. The molecule has 2 aromatic heterocycles. The van der Waals surface area contributed by atoms with Crippen molar-refractivity contribution in [3.05, 3.63) is 41.3 Å². The van der Waals surface area contributed by atoms with Gasteiger partial charge in [0.1, 0.15) is 17.0 Å². The third-order valence-electron chi connectivity index (χ3n) is 1.85. The molecule has 82 valence electrons. The van der Waals surface area contributed by atoms with Crippen molar-refractivity contribution < 1.29 is 4.79 Å². The molecule has 0 aromatic carbocycles. The molecule has 0 bridgehead atoms. The molecular weight excluding hydrogens is 272 g/mol. The number of hydrogen-bond donors (Lipinski definition) is 1. The number of anilines is 1. The number of aromatic nitrogens is 3. The predicted molar refractivity (Wildman–Crippen MR) is 62.8 cm³/mol. The third kappa shape index (κ3) is 2.90. The number of hydrogen-bond acceptors (Lipinski definition) is 3. The van der Waals surface area contributed by atoms with Gasteiger partial charge in [-0.25, -0.2) is 4.98 Å². The maximum Gasteiger partial charge on any atom is 0.247 e. The van der Waals surface area contributed by atoms with Crippen molar-refractivity contribution in [2.24, 2.45) is 0 Å². The first-order chi connectivity index (χ1) is 7.74. The van der Waals surface area contributed by atoms with Crippen LogP contribution < -0.4 is 5.32 Å². The molecule has 0 saturated heterocycles. The molecule has 0 unspecified atom stereocenters. The molecule has 1 N–H and O–H groups in total. The lowest BCUT2D eigenvalue weighted by Gasteiger charge is -2.04. The van der Waals surface area contributed by atoms with Gasteiger partial charge in [0.25, 0.3) is 0 Å². The van der Waals surface area contributed by atoms with Gasteiger partial charge in [-0.2, -0.15) is 5.10 Å². The largest absolute Gasteiger partial charge is 0.309 e. The molecule has 2 aromatic rings. The molecule has 2 rings (SSSR count). The summed E-state index contributed by atoms with van der Waals surface area (Å²) in [7, 11) is 0. The van der Waals surface area contributed by atoms with Crippen LogP contribution in [0.3, 0.4) is 0 Å². The Morgan fingerprint density at radius 2 is 2.31 bits per heavy atom. The average Bonchev–Trinajstić information content (AvgIpc) is 2.70. The van der Waals surface area contributed by atoms with Crippen molar-refractivity contribution in [1.29, 1.82) is 0 Å². The summed E-state index contributed by atoms with van der Waals surface area (Å²) in [6.07, 6.45) is 3.36. The summed E-state index contributed by atoms with van der Waals surface area (Å²) in [5, 5.41) is 6.62. The van der Waals surface area contributed by atoms with E-state index < -0.39 is 0 Å². The number of carbonyl (C=O) groups excluding carboxylic acids is 1. The minimum atomic E-state index is -0.158. The van der Waals surface area contributed by atoms with E-state index in [2.05, 4.69) is 31.3 Å². The molecule has 0 atom stereocenters.